The van der Waals surface area contributed by atoms with E-state index in [0.717, 1.165) is 12.3 Å². The molecule has 0 spiro atoms. The van der Waals surface area contributed by atoms with Crippen LogP contribution in [0.5, 0.6) is 5.75 Å². The maximum Gasteiger partial charge on any atom is 0.186 e. The SMILES string of the molecule is COc1c(C(C)CCN)cc(F)c(S(C)(=O)=O)c1F. The lowest BCUT2D eigenvalue weighted by molar-refractivity contribution is 0.365. The van der Waals surface area contributed by atoms with Crippen molar-refractivity contribution in [1.29, 1.82) is 0 Å². The Morgan fingerprint density at radius 1 is 1.42 bits per heavy atom. The predicted molar refractivity (Wildman–Crippen MR) is 68.1 cm³/mol. The minimum Gasteiger partial charge on any atom is -0.493 e. The van der Waals surface area contributed by atoms with E-state index in [1.54, 1.807) is 6.92 Å². The first kappa shape index (κ1) is 15.8. The molecule has 0 fully saturated rings. The Balaban J connectivity index is 3.56. The van der Waals surface area contributed by atoms with Crippen LogP contribution in [0.15, 0.2) is 11.0 Å². The highest BCUT2D eigenvalue weighted by Gasteiger charge is 2.27. The van der Waals surface area contributed by atoms with Gasteiger partial charge in [0, 0.05) is 11.8 Å². The van der Waals surface area contributed by atoms with Gasteiger partial charge in [0.1, 0.15) is 10.7 Å². The molecule has 1 aromatic rings. The van der Waals surface area contributed by atoms with Crippen molar-refractivity contribution in [1.82, 2.24) is 0 Å². The number of hydrogen-bond donors (Lipinski definition) is 1. The molecule has 0 aliphatic heterocycles. The number of benzene rings is 1. The largest absolute Gasteiger partial charge is 0.493 e. The van der Waals surface area contributed by atoms with Crippen molar-refractivity contribution < 1.29 is 21.9 Å². The lowest BCUT2D eigenvalue weighted by Gasteiger charge is -2.17. The fraction of sp³-hybridized carbons (Fsp3) is 0.500. The molecular formula is C12H17F2NO3S. The van der Waals surface area contributed by atoms with Crippen molar-refractivity contribution in [2.24, 2.45) is 5.73 Å². The molecule has 2 N–H and O–H groups in total. The van der Waals surface area contributed by atoms with Crippen LogP contribution in [0.1, 0.15) is 24.8 Å². The number of nitrogens with two attached hydrogens (primary N) is 1. The topological polar surface area (TPSA) is 69.4 Å². The van der Waals surface area contributed by atoms with Crippen molar-refractivity contribution in [3.05, 3.63) is 23.3 Å². The second kappa shape index (κ2) is 5.83. The van der Waals surface area contributed by atoms with Crippen molar-refractivity contribution in [2.75, 3.05) is 19.9 Å². The normalized spacial score (nSPS) is 13.4. The third-order valence-corrected chi connectivity index (χ3v) is 3.98. The van der Waals surface area contributed by atoms with Gasteiger partial charge in [0.05, 0.1) is 7.11 Å². The minimum absolute atomic E-state index is 0.238. The van der Waals surface area contributed by atoms with Gasteiger partial charge < -0.3 is 10.5 Å². The van der Waals surface area contributed by atoms with E-state index in [1.165, 1.54) is 7.11 Å². The summed E-state index contributed by atoms with van der Waals surface area (Å²) in [6, 6.07) is 0.999. The van der Waals surface area contributed by atoms with E-state index < -0.39 is 26.4 Å². The zero-order chi connectivity index (χ0) is 14.8. The fourth-order valence-electron chi connectivity index (χ4n) is 1.92. The Morgan fingerprint density at radius 2 is 2.00 bits per heavy atom. The van der Waals surface area contributed by atoms with Gasteiger partial charge in [-0.15, -0.1) is 0 Å². The summed E-state index contributed by atoms with van der Waals surface area (Å²) in [5, 5.41) is 0. The average Bonchev–Trinajstić information content (AvgIpc) is 2.26. The Kier molecular flexibility index (Phi) is 4.86. The van der Waals surface area contributed by atoms with E-state index in [-0.39, 0.29) is 17.2 Å². The van der Waals surface area contributed by atoms with Gasteiger partial charge in [-0.3, -0.25) is 0 Å². The number of sulfone groups is 1. The molecule has 108 valence electrons. The van der Waals surface area contributed by atoms with Gasteiger partial charge in [0.25, 0.3) is 0 Å². The van der Waals surface area contributed by atoms with E-state index in [1.807, 2.05) is 0 Å². The first-order valence-corrected chi connectivity index (χ1v) is 7.59. The van der Waals surface area contributed by atoms with Crippen LogP contribution in [0, 0.1) is 11.6 Å². The maximum atomic E-state index is 14.1. The van der Waals surface area contributed by atoms with Crippen molar-refractivity contribution in [3.8, 4) is 5.75 Å². The molecule has 1 atom stereocenters. The molecule has 19 heavy (non-hydrogen) atoms. The molecule has 0 aliphatic rings. The third-order valence-electron chi connectivity index (χ3n) is 2.87. The van der Waals surface area contributed by atoms with Crippen LogP contribution in [0.2, 0.25) is 0 Å². The number of methoxy groups -OCH3 is 1. The quantitative estimate of drug-likeness (QED) is 0.899. The number of halogens is 2. The zero-order valence-electron chi connectivity index (χ0n) is 11.0. The van der Waals surface area contributed by atoms with Crippen molar-refractivity contribution in [3.63, 3.8) is 0 Å². The van der Waals surface area contributed by atoms with Crippen LogP contribution in [0.25, 0.3) is 0 Å². The fourth-order valence-corrected chi connectivity index (χ4v) is 2.75. The summed E-state index contributed by atoms with van der Waals surface area (Å²) in [6.07, 6.45) is 1.25. The van der Waals surface area contributed by atoms with Gasteiger partial charge in [-0.1, -0.05) is 6.92 Å². The van der Waals surface area contributed by atoms with E-state index in [2.05, 4.69) is 0 Å². The van der Waals surface area contributed by atoms with Gasteiger partial charge in [0.2, 0.25) is 0 Å². The summed E-state index contributed by atoms with van der Waals surface area (Å²) in [4.78, 5) is -0.965. The number of hydrogen-bond acceptors (Lipinski definition) is 4. The zero-order valence-corrected chi connectivity index (χ0v) is 11.9. The van der Waals surface area contributed by atoms with Gasteiger partial charge >= 0.3 is 0 Å². The molecule has 0 saturated heterocycles. The summed E-state index contributed by atoms with van der Waals surface area (Å²) in [6.45, 7) is 2.09. The van der Waals surface area contributed by atoms with E-state index >= 15 is 0 Å². The molecule has 0 saturated carbocycles. The Hall–Kier alpha value is -1.21. The second-order valence-corrected chi connectivity index (χ2v) is 6.33. The lowest BCUT2D eigenvalue weighted by atomic mass is 9.96. The molecule has 4 nitrogen and oxygen atoms in total. The molecule has 0 heterocycles. The summed E-state index contributed by atoms with van der Waals surface area (Å²) < 4.78 is 55.6. The van der Waals surface area contributed by atoms with Crippen LogP contribution in [-0.4, -0.2) is 28.3 Å². The van der Waals surface area contributed by atoms with Gasteiger partial charge in [-0.05, 0) is 24.9 Å². The van der Waals surface area contributed by atoms with E-state index in [0.29, 0.717) is 13.0 Å². The van der Waals surface area contributed by atoms with Gasteiger partial charge in [0.15, 0.2) is 21.4 Å². The van der Waals surface area contributed by atoms with Gasteiger partial charge in [-0.25, -0.2) is 17.2 Å². The highest BCUT2D eigenvalue weighted by Crippen LogP contribution is 2.36. The van der Waals surface area contributed by atoms with Crippen molar-refractivity contribution in [2.45, 2.75) is 24.2 Å². The van der Waals surface area contributed by atoms with Crippen LogP contribution in [0.3, 0.4) is 0 Å². The number of ether oxygens (including phenoxy) is 1. The molecule has 0 bridgehead atoms. The van der Waals surface area contributed by atoms with Gasteiger partial charge in [-0.2, -0.15) is 0 Å². The second-order valence-electron chi connectivity index (χ2n) is 4.37. The minimum atomic E-state index is -4.01. The average molecular weight is 293 g/mol. The summed E-state index contributed by atoms with van der Waals surface area (Å²) >= 11 is 0. The monoisotopic (exact) mass is 293 g/mol. The van der Waals surface area contributed by atoms with Crippen molar-refractivity contribution >= 4 is 9.84 Å². The Labute approximate surface area is 111 Å². The third kappa shape index (κ3) is 3.22. The molecule has 7 heteroatoms. The molecule has 0 radical (unpaired) electrons. The smallest absolute Gasteiger partial charge is 0.186 e. The first-order valence-electron chi connectivity index (χ1n) is 5.70. The van der Waals surface area contributed by atoms with Crippen LogP contribution >= 0.6 is 0 Å². The van der Waals surface area contributed by atoms with E-state index in [9.17, 15) is 17.2 Å². The summed E-state index contributed by atoms with van der Waals surface area (Å²) in [7, 11) is -2.80. The first-order chi connectivity index (χ1) is 8.73. The highest BCUT2D eigenvalue weighted by atomic mass is 32.2. The number of rotatable bonds is 5. The van der Waals surface area contributed by atoms with Crippen LogP contribution in [0.4, 0.5) is 8.78 Å². The summed E-state index contributed by atoms with van der Waals surface area (Å²) in [5.41, 5.74) is 5.68. The van der Waals surface area contributed by atoms with Crippen LogP contribution < -0.4 is 10.5 Å². The summed E-state index contributed by atoms with van der Waals surface area (Å²) in [5.74, 6) is -2.79. The molecule has 1 unspecified atom stereocenters. The molecule has 0 aliphatic carbocycles. The maximum absolute atomic E-state index is 14.1. The molecular weight excluding hydrogens is 276 g/mol. The Morgan fingerprint density at radius 3 is 2.42 bits per heavy atom. The predicted octanol–water partition coefficient (Wildman–Crippen LogP) is 1.83. The standard InChI is InChI=1S/C12H17F2NO3S/c1-7(4-5-15)8-6-9(13)12(19(3,16)17)10(14)11(8)18-2/h6-7H,4-5,15H2,1-3H3. The molecule has 0 aromatic heterocycles. The Bertz CT molecular complexity index is 573. The molecule has 0 amide bonds. The van der Waals surface area contributed by atoms with E-state index in [4.69, 9.17) is 10.5 Å². The molecule has 1 aromatic carbocycles. The highest BCUT2D eigenvalue weighted by molar-refractivity contribution is 7.90. The lowest BCUT2D eigenvalue weighted by Crippen LogP contribution is -2.11. The molecule has 1 rings (SSSR count). The van der Waals surface area contributed by atoms with Crippen LogP contribution in [-0.2, 0) is 9.84 Å².